The van der Waals surface area contributed by atoms with Gasteiger partial charge in [0.2, 0.25) is 0 Å². The van der Waals surface area contributed by atoms with Crippen LogP contribution in [0.15, 0.2) is 18.3 Å². The number of aromatic nitrogens is 1. The van der Waals surface area contributed by atoms with Crippen molar-refractivity contribution < 1.29 is 19.8 Å². The molecule has 18 heavy (non-hydrogen) atoms. The number of rotatable bonds is 6. The van der Waals surface area contributed by atoms with Crippen LogP contribution in [0.4, 0.5) is 0 Å². The van der Waals surface area contributed by atoms with Crippen molar-refractivity contribution in [2.45, 2.75) is 25.8 Å². The molecule has 6 nitrogen and oxygen atoms in total. The quantitative estimate of drug-likeness (QED) is 0.691. The lowest BCUT2D eigenvalue weighted by Crippen LogP contribution is -2.34. The third kappa shape index (κ3) is 3.81. The summed E-state index contributed by atoms with van der Waals surface area (Å²) in [6, 6.07) is 2.66. The molecule has 1 atom stereocenters. The highest BCUT2D eigenvalue weighted by Gasteiger charge is 2.18. The van der Waals surface area contributed by atoms with Crippen LogP contribution in [0.5, 0.6) is 0 Å². The van der Waals surface area contributed by atoms with E-state index in [-0.39, 0.29) is 23.9 Å². The number of carboxylic acid groups (broad SMARTS) is 1. The largest absolute Gasteiger partial charge is 0.478 e. The van der Waals surface area contributed by atoms with E-state index >= 15 is 0 Å². The minimum Gasteiger partial charge on any atom is -0.478 e. The summed E-state index contributed by atoms with van der Waals surface area (Å²) in [6.45, 7) is 1.85. The van der Waals surface area contributed by atoms with Crippen LogP contribution in [-0.4, -0.2) is 39.7 Å². The molecule has 0 saturated carbocycles. The van der Waals surface area contributed by atoms with Gasteiger partial charge in [0.15, 0.2) is 0 Å². The van der Waals surface area contributed by atoms with Crippen molar-refractivity contribution in [2.24, 2.45) is 0 Å². The molecule has 1 amide bonds. The lowest BCUT2D eigenvalue weighted by Gasteiger charge is -2.13. The van der Waals surface area contributed by atoms with Crippen molar-refractivity contribution in [3.8, 4) is 0 Å². The molecule has 1 rings (SSSR count). The number of nitrogens with one attached hydrogen (secondary N) is 1. The molecule has 1 heterocycles. The number of aliphatic hydroxyl groups excluding tert-OH is 1. The third-order valence-electron chi connectivity index (χ3n) is 2.43. The number of nitrogens with zero attached hydrogens (tertiary/aromatic N) is 1. The summed E-state index contributed by atoms with van der Waals surface area (Å²) >= 11 is 0. The number of aliphatic hydroxyl groups is 1. The summed E-state index contributed by atoms with van der Waals surface area (Å²) in [5.41, 5.74) is -0.217. The molecule has 0 fully saturated rings. The van der Waals surface area contributed by atoms with Gasteiger partial charge in [-0.3, -0.25) is 9.78 Å². The second-order valence-corrected chi connectivity index (χ2v) is 3.95. The maximum absolute atomic E-state index is 11.8. The zero-order valence-electron chi connectivity index (χ0n) is 10.1. The van der Waals surface area contributed by atoms with Crippen LogP contribution < -0.4 is 5.32 Å². The van der Waals surface area contributed by atoms with Gasteiger partial charge in [-0.15, -0.1) is 0 Å². The maximum atomic E-state index is 11.8. The predicted octanol–water partition coefficient (Wildman–Crippen LogP) is 0.671. The fourth-order valence-electron chi connectivity index (χ4n) is 1.52. The van der Waals surface area contributed by atoms with Gasteiger partial charge in [0.25, 0.3) is 5.91 Å². The van der Waals surface area contributed by atoms with E-state index in [9.17, 15) is 9.59 Å². The Bertz CT molecular complexity index is 434. The van der Waals surface area contributed by atoms with Crippen molar-refractivity contribution in [3.63, 3.8) is 0 Å². The Kier molecular flexibility index (Phi) is 5.26. The molecule has 0 aliphatic rings. The van der Waals surface area contributed by atoms with E-state index in [0.29, 0.717) is 12.8 Å². The lowest BCUT2D eigenvalue weighted by atomic mass is 10.1. The molecule has 0 saturated heterocycles. The van der Waals surface area contributed by atoms with Crippen molar-refractivity contribution >= 4 is 11.9 Å². The van der Waals surface area contributed by atoms with Gasteiger partial charge in [-0.25, -0.2) is 4.79 Å². The molecule has 6 heteroatoms. The molecule has 0 aliphatic carbocycles. The highest BCUT2D eigenvalue weighted by molar-refractivity contribution is 6.03. The van der Waals surface area contributed by atoms with E-state index < -0.39 is 11.9 Å². The fourth-order valence-corrected chi connectivity index (χ4v) is 1.52. The smallest absolute Gasteiger partial charge is 0.338 e. The normalized spacial score (nSPS) is 11.9. The molecule has 1 aromatic heterocycles. The first-order valence-corrected chi connectivity index (χ1v) is 5.66. The van der Waals surface area contributed by atoms with Gasteiger partial charge in [-0.1, -0.05) is 0 Å². The van der Waals surface area contributed by atoms with Gasteiger partial charge >= 0.3 is 5.97 Å². The van der Waals surface area contributed by atoms with Crippen LogP contribution in [0.3, 0.4) is 0 Å². The van der Waals surface area contributed by atoms with E-state index in [1.807, 2.05) is 0 Å². The first-order valence-electron chi connectivity index (χ1n) is 5.66. The van der Waals surface area contributed by atoms with Crippen LogP contribution in [0.1, 0.15) is 40.6 Å². The Morgan fingerprint density at radius 1 is 1.50 bits per heavy atom. The standard InChI is InChI=1S/C12H16N2O4/c1-8(4-3-7-15)14-11(16)10-9(12(17)18)5-2-6-13-10/h2,5-6,8,15H,3-4,7H2,1H3,(H,14,16)(H,17,18). The number of aromatic carboxylic acids is 1. The second kappa shape index (κ2) is 6.70. The Hall–Kier alpha value is -1.95. The van der Waals surface area contributed by atoms with Gasteiger partial charge in [-0.05, 0) is 31.9 Å². The van der Waals surface area contributed by atoms with Crippen LogP contribution in [0.25, 0.3) is 0 Å². The van der Waals surface area contributed by atoms with Gasteiger partial charge in [0.1, 0.15) is 5.69 Å². The zero-order valence-corrected chi connectivity index (χ0v) is 10.1. The highest BCUT2D eigenvalue weighted by atomic mass is 16.4. The molecule has 1 unspecified atom stereocenters. The monoisotopic (exact) mass is 252 g/mol. The Balaban J connectivity index is 2.75. The molecule has 0 aromatic carbocycles. The lowest BCUT2D eigenvalue weighted by molar-refractivity contribution is 0.0689. The number of pyridine rings is 1. The van der Waals surface area contributed by atoms with E-state index in [1.165, 1.54) is 18.3 Å². The van der Waals surface area contributed by atoms with Crippen molar-refractivity contribution in [1.29, 1.82) is 0 Å². The van der Waals surface area contributed by atoms with E-state index in [4.69, 9.17) is 10.2 Å². The number of amides is 1. The van der Waals surface area contributed by atoms with Gasteiger partial charge in [-0.2, -0.15) is 0 Å². The second-order valence-electron chi connectivity index (χ2n) is 3.95. The molecular weight excluding hydrogens is 236 g/mol. The maximum Gasteiger partial charge on any atom is 0.338 e. The molecule has 0 spiro atoms. The Morgan fingerprint density at radius 3 is 2.83 bits per heavy atom. The fraction of sp³-hybridized carbons (Fsp3) is 0.417. The summed E-state index contributed by atoms with van der Waals surface area (Å²) in [5, 5.41) is 20.3. The van der Waals surface area contributed by atoms with E-state index in [2.05, 4.69) is 10.3 Å². The topological polar surface area (TPSA) is 99.5 Å². The Morgan fingerprint density at radius 2 is 2.22 bits per heavy atom. The summed E-state index contributed by atoms with van der Waals surface area (Å²) in [7, 11) is 0. The van der Waals surface area contributed by atoms with Crippen LogP contribution in [0.2, 0.25) is 0 Å². The number of carbonyl (C=O) groups excluding carboxylic acids is 1. The van der Waals surface area contributed by atoms with Crippen molar-refractivity contribution in [1.82, 2.24) is 10.3 Å². The first-order chi connectivity index (χ1) is 8.56. The molecule has 3 N–H and O–H groups in total. The molecule has 0 bridgehead atoms. The van der Waals surface area contributed by atoms with Gasteiger partial charge in [0, 0.05) is 18.8 Å². The summed E-state index contributed by atoms with van der Waals surface area (Å²) in [4.78, 5) is 26.6. The van der Waals surface area contributed by atoms with Crippen LogP contribution in [-0.2, 0) is 0 Å². The minimum absolute atomic E-state index is 0.0597. The van der Waals surface area contributed by atoms with Gasteiger partial charge < -0.3 is 15.5 Å². The third-order valence-corrected chi connectivity index (χ3v) is 2.43. The molecular formula is C12H16N2O4. The zero-order chi connectivity index (χ0) is 13.5. The number of hydrogen-bond acceptors (Lipinski definition) is 4. The average molecular weight is 252 g/mol. The molecule has 0 radical (unpaired) electrons. The van der Waals surface area contributed by atoms with Crippen molar-refractivity contribution in [3.05, 3.63) is 29.6 Å². The summed E-state index contributed by atoms with van der Waals surface area (Å²) in [6.07, 6.45) is 2.58. The van der Waals surface area contributed by atoms with Crippen molar-refractivity contribution in [2.75, 3.05) is 6.61 Å². The molecule has 0 aliphatic heterocycles. The number of carboxylic acids is 1. The SMILES string of the molecule is CC(CCCO)NC(=O)c1ncccc1C(=O)O. The van der Waals surface area contributed by atoms with Crippen LogP contribution >= 0.6 is 0 Å². The molecule has 1 aromatic rings. The number of hydrogen-bond donors (Lipinski definition) is 3. The first kappa shape index (κ1) is 14.1. The summed E-state index contributed by atoms with van der Waals surface area (Å²) in [5.74, 6) is -1.70. The van der Waals surface area contributed by atoms with E-state index in [0.717, 1.165) is 0 Å². The Labute approximate surface area is 105 Å². The summed E-state index contributed by atoms with van der Waals surface area (Å²) < 4.78 is 0. The van der Waals surface area contributed by atoms with Crippen LogP contribution in [0, 0.1) is 0 Å². The average Bonchev–Trinajstić information content (AvgIpc) is 2.36. The van der Waals surface area contributed by atoms with Gasteiger partial charge in [0.05, 0.1) is 5.56 Å². The minimum atomic E-state index is -1.18. The van der Waals surface area contributed by atoms with E-state index in [1.54, 1.807) is 6.92 Å². The predicted molar refractivity (Wildman–Crippen MR) is 64.4 cm³/mol. The molecule has 98 valence electrons. The highest BCUT2D eigenvalue weighted by Crippen LogP contribution is 2.06. The number of carbonyl (C=O) groups is 2.